The van der Waals surface area contributed by atoms with Crippen molar-refractivity contribution < 1.29 is 4.79 Å². The first-order chi connectivity index (χ1) is 12.5. The van der Waals surface area contributed by atoms with Crippen molar-refractivity contribution in [3.05, 3.63) is 59.4 Å². The monoisotopic (exact) mass is 483 g/mol. The van der Waals surface area contributed by atoms with Crippen LogP contribution >= 0.6 is 24.0 Å². The van der Waals surface area contributed by atoms with Crippen molar-refractivity contribution in [2.24, 2.45) is 12.0 Å². The number of halogens is 1. The van der Waals surface area contributed by atoms with E-state index in [-0.39, 0.29) is 29.9 Å². The van der Waals surface area contributed by atoms with Gasteiger partial charge in [0.25, 0.3) is 5.91 Å². The third-order valence-electron chi connectivity index (χ3n) is 4.20. The Morgan fingerprint density at radius 3 is 2.63 bits per heavy atom. The van der Waals surface area contributed by atoms with E-state index in [9.17, 15) is 4.79 Å². The van der Waals surface area contributed by atoms with E-state index < -0.39 is 0 Å². The van der Waals surface area contributed by atoms with Gasteiger partial charge in [0.2, 0.25) is 0 Å². The van der Waals surface area contributed by atoms with Crippen LogP contribution in [0.1, 0.15) is 35.0 Å². The molecule has 1 aromatic carbocycles. The summed E-state index contributed by atoms with van der Waals surface area (Å²) in [6.45, 7) is 4.11. The number of benzene rings is 1. The fourth-order valence-electron chi connectivity index (χ4n) is 2.71. The molecule has 0 unspecified atom stereocenters. The van der Waals surface area contributed by atoms with Crippen LogP contribution in [0, 0.1) is 0 Å². The van der Waals surface area contributed by atoms with Gasteiger partial charge in [-0.1, -0.05) is 19.1 Å². The molecular formula is C20H30IN5O. The molecule has 0 saturated heterocycles. The number of hydrogen-bond acceptors (Lipinski definition) is 2. The van der Waals surface area contributed by atoms with Crippen LogP contribution in [0.2, 0.25) is 0 Å². The molecule has 0 saturated carbocycles. The lowest BCUT2D eigenvalue weighted by molar-refractivity contribution is 0.0953. The Kier molecular flexibility index (Phi) is 9.92. The summed E-state index contributed by atoms with van der Waals surface area (Å²) in [7, 11) is 5.82. The molecule has 1 amide bonds. The summed E-state index contributed by atoms with van der Waals surface area (Å²) in [6.07, 6.45) is 2.96. The predicted octanol–water partition coefficient (Wildman–Crippen LogP) is 2.99. The number of hydrogen-bond donors (Lipinski definition) is 2. The molecule has 0 spiro atoms. The van der Waals surface area contributed by atoms with Gasteiger partial charge in [-0.3, -0.25) is 9.79 Å². The van der Waals surface area contributed by atoms with Crippen LogP contribution in [0.3, 0.4) is 0 Å². The predicted molar refractivity (Wildman–Crippen MR) is 122 cm³/mol. The van der Waals surface area contributed by atoms with Crippen LogP contribution < -0.4 is 10.6 Å². The molecule has 1 aromatic heterocycles. The Hall–Kier alpha value is -2.03. The van der Waals surface area contributed by atoms with Crippen LogP contribution in [-0.2, 0) is 20.1 Å². The van der Waals surface area contributed by atoms with Crippen LogP contribution in [0.15, 0.2) is 47.6 Å². The molecular weight excluding hydrogens is 453 g/mol. The number of carbonyl (C=O) groups is 1. The standard InChI is InChI=1S/C20H29N5O.HI/c1-5-11-22-19(26)17-9-6-8-16(13-17)14-23-20(21-2)25(4)15-18-10-7-12-24(18)3;/h6-10,12-13H,5,11,14-15H2,1-4H3,(H,21,23)(H,22,26);1H. The first kappa shape index (κ1) is 23.0. The molecule has 0 bridgehead atoms. The zero-order valence-corrected chi connectivity index (χ0v) is 18.9. The molecule has 0 atom stereocenters. The van der Waals surface area contributed by atoms with E-state index >= 15 is 0 Å². The van der Waals surface area contributed by atoms with E-state index in [2.05, 4.69) is 31.2 Å². The topological polar surface area (TPSA) is 61.7 Å². The molecule has 2 rings (SSSR count). The van der Waals surface area contributed by atoms with Gasteiger partial charge in [-0.05, 0) is 36.2 Å². The van der Waals surface area contributed by atoms with Gasteiger partial charge < -0.3 is 20.1 Å². The highest BCUT2D eigenvalue weighted by Crippen LogP contribution is 2.07. The van der Waals surface area contributed by atoms with Crippen LogP contribution in [-0.4, -0.2) is 42.0 Å². The van der Waals surface area contributed by atoms with Crippen molar-refractivity contribution >= 4 is 35.8 Å². The Morgan fingerprint density at radius 2 is 2.00 bits per heavy atom. The minimum atomic E-state index is -0.0288. The Bertz CT molecular complexity index is 756. The van der Waals surface area contributed by atoms with Gasteiger partial charge in [-0.15, -0.1) is 24.0 Å². The van der Waals surface area contributed by atoms with Gasteiger partial charge >= 0.3 is 0 Å². The van der Waals surface area contributed by atoms with Crippen LogP contribution in [0.5, 0.6) is 0 Å². The molecule has 7 heteroatoms. The smallest absolute Gasteiger partial charge is 0.251 e. The number of guanidine groups is 1. The second kappa shape index (κ2) is 11.6. The van der Waals surface area contributed by atoms with Crippen molar-refractivity contribution in [2.45, 2.75) is 26.4 Å². The molecule has 0 aliphatic rings. The fraction of sp³-hybridized carbons (Fsp3) is 0.400. The molecule has 2 aromatic rings. The highest BCUT2D eigenvalue weighted by Gasteiger charge is 2.09. The molecule has 0 radical (unpaired) electrons. The third-order valence-corrected chi connectivity index (χ3v) is 4.20. The number of rotatable bonds is 7. The van der Waals surface area contributed by atoms with E-state index in [1.807, 2.05) is 57.5 Å². The summed E-state index contributed by atoms with van der Waals surface area (Å²) >= 11 is 0. The van der Waals surface area contributed by atoms with E-state index in [1.54, 1.807) is 7.05 Å². The van der Waals surface area contributed by atoms with Crippen molar-refractivity contribution in [3.63, 3.8) is 0 Å². The minimum Gasteiger partial charge on any atom is -0.353 e. The summed E-state index contributed by atoms with van der Waals surface area (Å²) in [5, 5.41) is 6.27. The largest absolute Gasteiger partial charge is 0.353 e. The average Bonchev–Trinajstić information content (AvgIpc) is 3.05. The number of aliphatic imine (C=N–C) groups is 1. The normalized spacial score (nSPS) is 10.9. The minimum absolute atomic E-state index is 0. The maximum Gasteiger partial charge on any atom is 0.251 e. The fourth-order valence-corrected chi connectivity index (χ4v) is 2.71. The number of nitrogens with zero attached hydrogens (tertiary/aromatic N) is 3. The van der Waals surface area contributed by atoms with Crippen molar-refractivity contribution in [3.8, 4) is 0 Å². The number of carbonyl (C=O) groups excluding carboxylic acids is 1. The molecule has 1 heterocycles. The average molecular weight is 483 g/mol. The highest BCUT2D eigenvalue weighted by atomic mass is 127. The van der Waals surface area contributed by atoms with Gasteiger partial charge in [-0.2, -0.15) is 0 Å². The summed E-state index contributed by atoms with van der Waals surface area (Å²) in [5.74, 6) is 0.783. The molecule has 0 aliphatic heterocycles. The maximum absolute atomic E-state index is 12.1. The number of amides is 1. The van der Waals surface area contributed by atoms with Crippen LogP contribution in [0.4, 0.5) is 0 Å². The summed E-state index contributed by atoms with van der Waals surface area (Å²) < 4.78 is 2.10. The van der Waals surface area contributed by atoms with E-state index in [0.29, 0.717) is 18.7 Å². The molecule has 148 valence electrons. The van der Waals surface area contributed by atoms with E-state index in [1.165, 1.54) is 5.69 Å². The van der Waals surface area contributed by atoms with Crippen LogP contribution in [0.25, 0.3) is 0 Å². The van der Waals surface area contributed by atoms with Gasteiger partial charge in [0.15, 0.2) is 5.96 Å². The summed E-state index contributed by atoms with van der Waals surface area (Å²) in [5.41, 5.74) is 2.94. The highest BCUT2D eigenvalue weighted by molar-refractivity contribution is 14.0. The van der Waals surface area contributed by atoms with Gasteiger partial charge in [0, 0.05) is 51.7 Å². The first-order valence-corrected chi connectivity index (χ1v) is 8.94. The zero-order valence-electron chi connectivity index (χ0n) is 16.5. The van der Waals surface area contributed by atoms with Gasteiger partial charge in [-0.25, -0.2) is 0 Å². The zero-order chi connectivity index (χ0) is 18.9. The molecule has 6 nitrogen and oxygen atoms in total. The van der Waals surface area contributed by atoms with Crippen molar-refractivity contribution in [1.29, 1.82) is 0 Å². The lowest BCUT2D eigenvalue weighted by Crippen LogP contribution is -2.38. The van der Waals surface area contributed by atoms with Gasteiger partial charge in [0.1, 0.15) is 0 Å². The SMILES string of the molecule is CCCNC(=O)c1cccc(CNC(=NC)N(C)Cc2cccn2C)c1.I. The van der Waals surface area contributed by atoms with Crippen molar-refractivity contribution in [1.82, 2.24) is 20.1 Å². The molecule has 27 heavy (non-hydrogen) atoms. The first-order valence-electron chi connectivity index (χ1n) is 8.94. The summed E-state index contributed by atoms with van der Waals surface area (Å²) in [6, 6.07) is 11.8. The Labute approximate surface area is 179 Å². The maximum atomic E-state index is 12.1. The summed E-state index contributed by atoms with van der Waals surface area (Å²) in [4.78, 5) is 18.5. The van der Waals surface area contributed by atoms with E-state index in [0.717, 1.165) is 24.5 Å². The molecule has 0 fully saturated rings. The number of aryl methyl sites for hydroxylation is 1. The molecule has 0 aliphatic carbocycles. The quantitative estimate of drug-likeness (QED) is 0.362. The molecule has 2 N–H and O–H groups in total. The van der Waals surface area contributed by atoms with E-state index in [4.69, 9.17) is 0 Å². The second-order valence-electron chi connectivity index (χ2n) is 6.32. The number of aromatic nitrogens is 1. The Balaban J connectivity index is 0.00000364. The second-order valence-corrected chi connectivity index (χ2v) is 6.32. The van der Waals surface area contributed by atoms with Gasteiger partial charge in [0.05, 0.1) is 6.54 Å². The third kappa shape index (κ3) is 6.89. The lowest BCUT2D eigenvalue weighted by atomic mass is 10.1. The Morgan fingerprint density at radius 1 is 1.22 bits per heavy atom. The number of nitrogens with one attached hydrogen (secondary N) is 2. The van der Waals surface area contributed by atoms with Crippen molar-refractivity contribution in [2.75, 3.05) is 20.6 Å². The lowest BCUT2D eigenvalue weighted by Gasteiger charge is -2.22.